The molecule has 0 fully saturated rings. The van der Waals surface area contributed by atoms with Gasteiger partial charge in [0, 0.05) is 22.8 Å². The molecule has 0 saturated heterocycles. The highest BCUT2D eigenvalue weighted by atomic mass is 32.1. The van der Waals surface area contributed by atoms with Crippen LogP contribution in [-0.2, 0) is 6.18 Å². The predicted octanol–water partition coefficient (Wildman–Crippen LogP) is 4.70. The van der Waals surface area contributed by atoms with Crippen LogP contribution in [0.15, 0.2) is 64.9 Å². The molecule has 0 aliphatic heterocycles. The molecule has 1 N–H and O–H groups in total. The van der Waals surface area contributed by atoms with Crippen molar-refractivity contribution in [3.05, 3.63) is 81.6 Å². The number of nitrogens with zero attached hydrogens (tertiary/aromatic N) is 2. The number of hydrogen-bond acceptors (Lipinski definition) is 5. The number of anilines is 1. The molecule has 0 unspecified atom stereocenters. The summed E-state index contributed by atoms with van der Waals surface area (Å²) in [5, 5.41) is 4.07. The summed E-state index contributed by atoms with van der Waals surface area (Å²) in [4.78, 5) is 30.2. The highest BCUT2D eigenvalue weighted by molar-refractivity contribution is 7.15. The van der Waals surface area contributed by atoms with Crippen molar-refractivity contribution in [3.63, 3.8) is 0 Å². The molecule has 2 aromatic carbocycles. The molecule has 31 heavy (non-hydrogen) atoms. The number of halogens is 3. The lowest BCUT2D eigenvalue weighted by atomic mass is 10.1. The third kappa shape index (κ3) is 4.02. The fourth-order valence-electron chi connectivity index (χ4n) is 3.00. The number of carbonyl (C=O) groups excluding carboxylic acids is 1. The Kier molecular flexibility index (Phi) is 5.24. The van der Waals surface area contributed by atoms with Crippen LogP contribution < -0.4 is 15.6 Å². The van der Waals surface area contributed by atoms with Crippen LogP contribution in [0.3, 0.4) is 0 Å². The number of fused-ring (bicyclic) bond motifs is 1. The normalized spacial score (nSPS) is 11.5. The Morgan fingerprint density at radius 2 is 1.94 bits per heavy atom. The van der Waals surface area contributed by atoms with Gasteiger partial charge in [0.25, 0.3) is 11.5 Å². The van der Waals surface area contributed by atoms with Crippen molar-refractivity contribution in [1.29, 1.82) is 0 Å². The Hall–Kier alpha value is -3.66. The van der Waals surface area contributed by atoms with Gasteiger partial charge in [0.15, 0.2) is 4.96 Å². The van der Waals surface area contributed by atoms with Crippen molar-refractivity contribution < 1.29 is 22.7 Å². The van der Waals surface area contributed by atoms with Crippen molar-refractivity contribution in [1.82, 2.24) is 9.38 Å². The minimum Gasteiger partial charge on any atom is -0.497 e. The summed E-state index contributed by atoms with van der Waals surface area (Å²) in [6.45, 7) is 0. The number of aromatic nitrogens is 2. The number of carbonyl (C=O) groups is 1. The zero-order chi connectivity index (χ0) is 22.2. The van der Waals surface area contributed by atoms with E-state index in [-0.39, 0.29) is 11.3 Å². The van der Waals surface area contributed by atoms with Gasteiger partial charge >= 0.3 is 6.18 Å². The Balaban J connectivity index is 1.73. The lowest BCUT2D eigenvalue weighted by Crippen LogP contribution is -2.26. The monoisotopic (exact) mass is 445 g/mol. The molecule has 0 atom stereocenters. The van der Waals surface area contributed by atoms with E-state index in [2.05, 4.69) is 10.3 Å². The minimum atomic E-state index is -4.55. The maximum absolute atomic E-state index is 13.1. The summed E-state index contributed by atoms with van der Waals surface area (Å²) in [6, 6.07) is 11.2. The number of nitrogens with one attached hydrogen (secondary N) is 1. The molecule has 158 valence electrons. The first-order valence-corrected chi connectivity index (χ1v) is 9.78. The lowest BCUT2D eigenvalue weighted by molar-refractivity contribution is -0.137. The molecular formula is C21H14F3N3O3S. The van der Waals surface area contributed by atoms with Crippen LogP contribution in [0.25, 0.3) is 16.2 Å². The summed E-state index contributed by atoms with van der Waals surface area (Å²) in [6.07, 6.45) is -3.43. The second-order valence-corrected chi connectivity index (χ2v) is 7.32. The maximum Gasteiger partial charge on any atom is 0.416 e. The van der Waals surface area contributed by atoms with Crippen LogP contribution in [0.1, 0.15) is 15.9 Å². The molecule has 2 heterocycles. The molecular weight excluding hydrogens is 431 g/mol. The number of amides is 1. The van der Waals surface area contributed by atoms with Gasteiger partial charge in [-0.25, -0.2) is 4.98 Å². The first-order chi connectivity index (χ1) is 14.8. The number of hydrogen-bond donors (Lipinski definition) is 1. The number of thiazole rings is 1. The van der Waals surface area contributed by atoms with Crippen molar-refractivity contribution in [2.75, 3.05) is 12.4 Å². The highest BCUT2D eigenvalue weighted by Crippen LogP contribution is 2.31. The Morgan fingerprint density at radius 1 is 1.16 bits per heavy atom. The minimum absolute atomic E-state index is 0.0809. The van der Waals surface area contributed by atoms with Crippen LogP contribution in [-0.4, -0.2) is 22.4 Å². The Morgan fingerprint density at radius 3 is 2.68 bits per heavy atom. The maximum atomic E-state index is 13.1. The van der Waals surface area contributed by atoms with Gasteiger partial charge in [0.05, 0.1) is 18.4 Å². The molecule has 1 amide bonds. The summed E-state index contributed by atoms with van der Waals surface area (Å²) >= 11 is 1.22. The molecule has 0 bridgehead atoms. The second-order valence-electron chi connectivity index (χ2n) is 6.48. The fourth-order valence-corrected chi connectivity index (χ4v) is 3.86. The molecule has 2 aromatic heterocycles. The van der Waals surface area contributed by atoms with Crippen molar-refractivity contribution in [2.24, 2.45) is 0 Å². The van der Waals surface area contributed by atoms with Crippen LogP contribution in [0.4, 0.5) is 18.9 Å². The van der Waals surface area contributed by atoms with Crippen molar-refractivity contribution >= 4 is 27.9 Å². The number of rotatable bonds is 4. The quantitative estimate of drug-likeness (QED) is 0.494. The summed E-state index contributed by atoms with van der Waals surface area (Å²) in [5.74, 6) is -0.259. The first-order valence-electron chi connectivity index (χ1n) is 8.90. The van der Waals surface area contributed by atoms with E-state index in [1.165, 1.54) is 35.0 Å². The zero-order valence-electron chi connectivity index (χ0n) is 15.9. The van der Waals surface area contributed by atoms with Gasteiger partial charge < -0.3 is 10.1 Å². The topological polar surface area (TPSA) is 72.7 Å². The van der Waals surface area contributed by atoms with E-state index in [0.717, 1.165) is 18.3 Å². The van der Waals surface area contributed by atoms with Gasteiger partial charge in [-0.05, 0) is 30.3 Å². The molecule has 0 aliphatic rings. The van der Waals surface area contributed by atoms with E-state index in [0.29, 0.717) is 22.0 Å². The predicted molar refractivity (Wildman–Crippen MR) is 111 cm³/mol. The molecule has 0 aliphatic carbocycles. The van der Waals surface area contributed by atoms with Crippen LogP contribution in [0, 0.1) is 0 Å². The molecule has 0 spiro atoms. The summed E-state index contributed by atoms with van der Waals surface area (Å²) in [5.41, 5.74) is -0.711. The van der Waals surface area contributed by atoms with E-state index >= 15 is 0 Å². The third-order valence-corrected chi connectivity index (χ3v) is 5.34. The SMILES string of the molecule is COc1cccc(-c2csc3ncc(C(=O)Nc4cccc(C(F)(F)F)c4)c(=O)n23)c1. The number of methoxy groups -OCH3 is 1. The molecule has 0 saturated carbocycles. The second kappa shape index (κ2) is 7.88. The van der Waals surface area contributed by atoms with Crippen LogP contribution in [0.2, 0.25) is 0 Å². The average molecular weight is 445 g/mol. The zero-order valence-corrected chi connectivity index (χ0v) is 16.8. The van der Waals surface area contributed by atoms with Gasteiger partial charge in [-0.15, -0.1) is 11.3 Å². The number of alkyl halides is 3. The Bertz CT molecular complexity index is 1340. The fraction of sp³-hybridized carbons (Fsp3) is 0.0952. The van der Waals surface area contributed by atoms with Gasteiger partial charge in [0.2, 0.25) is 0 Å². The molecule has 4 aromatic rings. The van der Waals surface area contributed by atoms with Crippen LogP contribution >= 0.6 is 11.3 Å². The van der Waals surface area contributed by atoms with Crippen molar-refractivity contribution in [3.8, 4) is 17.0 Å². The Labute approximate surface area is 177 Å². The lowest BCUT2D eigenvalue weighted by Gasteiger charge is -2.10. The molecule has 10 heteroatoms. The molecule has 0 radical (unpaired) electrons. The van der Waals surface area contributed by atoms with E-state index in [9.17, 15) is 22.8 Å². The van der Waals surface area contributed by atoms with E-state index in [1.807, 2.05) is 0 Å². The van der Waals surface area contributed by atoms with E-state index in [4.69, 9.17) is 4.74 Å². The standard InChI is InChI=1S/C21H14F3N3O3S/c1-30-15-7-2-4-12(8-15)17-11-31-20-25-10-16(19(29)27(17)20)18(28)26-14-6-3-5-13(9-14)21(22,23)24/h2-11H,1H3,(H,26,28). The number of benzene rings is 2. The number of ether oxygens (including phenoxy) is 1. The molecule has 4 rings (SSSR count). The summed E-state index contributed by atoms with van der Waals surface area (Å²) < 4.78 is 45.2. The van der Waals surface area contributed by atoms with Gasteiger partial charge in [-0.1, -0.05) is 18.2 Å². The average Bonchev–Trinajstić information content (AvgIpc) is 3.18. The first kappa shape index (κ1) is 20.6. The van der Waals surface area contributed by atoms with E-state index in [1.54, 1.807) is 29.6 Å². The third-order valence-electron chi connectivity index (χ3n) is 4.50. The largest absolute Gasteiger partial charge is 0.497 e. The van der Waals surface area contributed by atoms with Crippen LogP contribution in [0.5, 0.6) is 5.75 Å². The smallest absolute Gasteiger partial charge is 0.416 e. The molecule has 6 nitrogen and oxygen atoms in total. The summed E-state index contributed by atoms with van der Waals surface area (Å²) in [7, 11) is 1.52. The highest BCUT2D eigenvalue weighted by Gasteiger charge is 2.30. The van der Waals surface area contributed by atoms with Gasteiger partial charge in [-0.2, -0.15) is 13.2 Å². The van der Waals surface area contributed by atoms with Gasteiger partial charge in [-0.3, -0.25) is 14.0 Å². The van der Waals surface area contributed by atoms with Crippen molar-refractivity contribution in [2.45, 2.75) is 6.18 Å². The van der Waals surface area contributed by atoms with E-state index < -0.39 is 23.2 Å². The van der Waals surface area contributed by atoms with Gasteiger partial charge in [0.1, 0.15) is 11.3 Å².